The Bertz CT molecular complexity index is 586. The van der Waals surface area contributed by atoms with Gasteiger partial charge in [-0.25, -0.2) is 0 Å². The maximum Gasteiger partial charge on any atom is 0.143 e. The van der Waals surface area contributed by atoms with Crippen molar-refractivity contribution < 1.29 is 15.0 Å². The van der Waals surface area contributed by atoms with Crippen LogP contribution in [0.5, 0.6) is 0 Å². The van der Waals surface area contributed by atoms with Crippen LogP contribution in [-0.4, -0.2) is 27.7 Å². The molecule has 0 aromatic carbocycles. The first kappa shape index (κ1) is 16.9. The minimum absolute atomic E-state index is 0.0716. The maximum absolute atomic E-state index is 13.0. The summed E-state index contributed by atoms with van der Waals surface area (Å²) in [5.74, 6) is 0.828. The van der Waals surface area contributed by atoms with E-state index in [0.717, 1.165) is 6.42 Å². The van der Waals surface area contributed by atoms with E-state index in [1.54, 1.807) is 0 Å². The fraction of sp³-hybridized carbons (Fsp3) is 0.750. The van der Waals surface area contributed by atoms with Crippen molar-refractivity contribution in [3.63, 3.8) is 0 Å². The summed E-state index contributed by atoms with van der Waals surface area (Å²) in [7, 11) is 0. The third-order valence-corrected chi connectivity index (χ3v) is 6.81. The van der Waals surface area contributed by atoms with Crippen LogP contribution in [0.3, 0.4) is 0 Å². The largest absolute Gasteiger partial charge is 0.388 e. The summed E-state index contributed by atoms with van der Waals surface area (Å²) in [6.45, 7) is 10.2. The van der Waals surface area contributed by atoms with Crippen LogP contribution in [-0.2, 0) is 4.79 Å². The van der Waals surface area contributed by atoms with Crippen LogP contribution in [0.4, 0.5) is 0 Å². The number of ketones is 1. The fourth-order valence-corrected chi connectivity index (χ4v) is 5.16. The molecule has 0 unspecified atom stereocenters. The van der Waals surface area contributed by atoms with Crippen LogP contribution >= 0.6 is 0 Å². The lowest BCUT2D eigenvalue weighted by atomic mass is 9.51. The number of carbonyl (C=O) groups excluding carboxylic acids is 1. The Labute approximate surface area is 139 Å². The van der Waals surface area contributed by atoms with E-state index in [9.17, 15) is 15.0 Å². The van der Waals surface area contributed by atoms with Crippen molar-refractivity contribution in [1.82, 2.24) is 0 Å². The Morgan fingerprint density at radius 3 is 2.48 bits per heavy atom. The molecule has 0 amide bonds. The van der Waals surface area contributed by atoms with E-state index in [4.69, 9.17) is 0 Å². The number of fused-ring (bicyclic) bond motifs is 3. The number of aliphatic hydroxyl groups excluding tert-OH is 1. The van der Waals surface area contributed by atoms with E-state index in [1.807, 2.05) is 26.0 Å². The van der Waals surface area contributed by atoms with Crippen LogP contribution in [0.25, 0.3) is 0 Å². The zero-order chi connectivity index (χ0) is 17.2. The molecule has 3 aliphatic rings. The molecule has 1 fully saturated rings. The summed E-state index contributed by atoms with van der Waals surface area (Å²) in [4.78, 5) is 13.0. The Morgan fingerprint density at radius 1 is 1.22 bits per heavy atom. The van der Waals surface area contributed by atoms with Crippen molar-refractivity contribution in [2.45, 2.75) is 65.6 Å². The van der Waals surface area contributed by atoms with E-state index < -0.39 is 17.1 Å². The van der Waals surface area contributed by atoms with Gasteiger partial charge in [-0.2, -0.15) is 0 Å². The van der Waals surface area contributed by atoms with Crippen LogP contribution in [0.2, 0.25) is 0 Å². The van der Waals surface area contributed by atoms with Crippen molar-refractivity contribution >= 4 is 5.78 Å². The second kappa shape index (κ2) is 5.03. The molecule has 0 spiro atoms. The van der Waals surface area contributed by atoms with Gasteiger partial charge in [-0.05, 0) is 49.9 Å². The van der Waals surface area contributed by atoms with E-state index in [2.05, 4.69) is 26.8 Å². The van der Waals surface area contributed by atoms with Gasteiger partial charge in [0.1, 0.15) is 5.78 Å². The highest BCUT2D eigenvalue weighted by Gasteiger charge is 2.62. The molecule has 0 saturated heterocycles. The summed E-state index contributed by atoms with van der Waals surface area (Å²) < 4.78 is 0. The number of hydrogen-bond acceptors (Lipinski definition) is 3. The van der Waals surface area contributed by atoms with Gasteiger partial charge >= 0.3 is 0 Å². The van der Waals surface area contributed by atoms with Gasteiger partial charge in [0.2, 0.25) is 0 Å². The Kier molecular flexibility index (Phi) is 3.70. The van der Waals surface area contributed by atoms with Crippen molar-refractivity contribution in [2.75, 3.05) is 0 Å². The summed E-state index contributed by atoms with van der Waals surface area (Å²) >= 11 is 0. The third-order valence-electron chi connectivity index (χ3n) is 6.81. The molecule has 0 aromatic rings. The first-order valence-corrected chi connectivity index (χ1v) is 8.87. The third kappa shape index (κ3) is 2.35. The Balaban J connectivity index is 2.11. The molecule has 128 valence electrons. The van der Waals surface area contributed by atoms with Crippen LogP contribution in [0.1, 0.15) is 53.9 Å². The SMILES string of the molecule is CC(C)C1=C[C@H](O)[C@@]2(C)C(=O)C[C@@]3(C)C=C[C@@](C)(O)CC[C@@H]3[C@@H]12. The molecule has 0 aromatic heterocycles. The van der Waals surface area contributed by atoms with Crippen LogP contribution in [0, 0.1) is 28.6 Å². The highest BCUT2D eigenvalue weighted by atomic mass is 16.3. The van der Waals surface area contributed by atoms with Gasteiger partial charge in [0.15, 0.2) is 0 Å². The van der Waals surface area contributed by atoms with Crippen molar-refractivity contribution in [3.05, 3.63) is 23.8 Å². The average molecular weight is 318 g/mol. The molecule has 0 bridgehead atoms. The molecule has 1 saturated carbocycles. The second-order valence-corrected chi connectivity index (χ2v) is 8.97. The number of Topliss-reactive ketones (excluding diaryl/α,β-unsaturated/α-hetero) is 1. The predicted octanol–water partition coefficient (Wildman–Crippen LogP) is 3.26. The van der Waals surface area contributed by atoms with Gasteiger partial charge in [-0.1, -0.05) is 44.6 Å². The molecule has 0 aliphatic heterocycles. The molecule has 6 atom stereocenters. The number of rotatable bonds is 1. The molecule has 3 nitrogen and oxygen atoms in total. The normalized spacial score (nSPS) is 49.7. The second-order valence-electron chi connectivity index (χ2n) is 8.97. The van der Waals surface area contributed by atoms with Gasteiger partial charge in [0.25, 0.3) is 0 Å². The Morgan fingerprint density at radius 2 is 1.87 bits per heavy atom. The van der Waals surface area contributed by atoms with Crippen molar-refractivity contribution in [1.29, 1.82) is 0 Å². The zero-order valence-corrected chi connectivity index (χ0v) is 15.0. The summed E-state index contributed by atoms with van der Waals surface area (Å²) in [6.07, 6.45) is 7.24. The molecular formula is C20H30O3. The lowest BCUT2D eigenvalue weighted by Gasteiger charge is -2.52. The standard InChI is InChI=1S/C20H30O3/c1-12(2)13-10-15(21)20(5)16(22)11-18(3)8-9-19(4,23)7-6-14(18)17(13)20/h8-10,12,14-15,17,21,23H,6-7,11H2,1-5H3/t14-,15+,17-,18-,19+,20+/m1/s1. The minimum atomic E-state index is -0.807. The molecular weight excluding hydrogens is 288 g/mol. The van der Waals surface area contributed by atoms with E-state index in [0.29, 0.717) is 18.8 Å². The molecule has 3 aliphatic carbocycles. The summed E-state index contributed by atoms with van der Waals surface area (Å²) in [6, 6.07) is 0. The zero-order valence-electron chi connectivity index (χ0n) is 15.0. The van der Waals surface area contributed by atoms with E-state index in [1.165, 1.54) is 5.57 Å². The fourth-order valence-electron chi connectivity index (χ4n) is 5.16. The average Bonchev–Trinajstić information content (AvgIpc) is 2.64. The Hall–Kier alpha value is -0.930. The number of hydrogen-bond donors (Lipinski definition) is 2. The first-order valence-electron chi connectivity index (χ1n) is 8.87. The summed E-state index contributed by atoms with van der Waals surface area (Å²) in [5, 5.41) is 21.1. The van der Waals surface area contributed by atoms with Crippen LogP contribution in [0.15, 0.2) is 23.8 Å². The lowest BCUT2D eigenvalue weighted by molar-refractivity contribution is -0.147. The van der Waals surface area contributed by atoms with E-state index >= 15 is 0 Å². The van der Waals surface area contributed by atoms with Gasteiger partial charge in [-0.3, -0.25) is 4.79 Å². The quantitative estimate of drug-likeness (QED) is 0.730. The van der Waals surface area contributed by atoms with Gasteiger partial charge in [0, 0.05) is 6.42 Å². The first-order chi connectivity index (χ1) is 10.5. The monoisotopic (exact) mass is 318 g/mol. The lowest BCUT2D eigenvalue weighted by Crippen LogP contribution is -2.54. The number of aliphatic hydroxyl groups is 2. The van der Waals surface area contributed by atoms with Crippen molar-refractivity contribution in [3.8, 4) is 0 Å². The van der Waals surface area contributed by atoms with Crippen molar-refractivity contribution in [2.24, 2.45) is 28.6 Å². The highest BCUT2D eigenvalue weighted by molar-refractivity contribution is 5.89. The molecule has 2 N–H and O–H groups in total. The number of carbonyl (C=O) groups is 1. The topological polar surface area (TPSA) is 57.5 Å². The van der Waals surface area contributed by atoms with Gasteiger partial charge < -0.3 is 10.2 Å². The molecule has 0 heterocycles. The molecule has 23 heavy (non-hydrogen) atoms. The van der Waals surface area contributed by atoms with Crippen LogP contribution < -0.4 is 0 Å². The van der Waals surface area contributed by atoms with E-state index in [-0.39, 0.29) is 23.0 Å². The van der Waals surface area contributed by atoms with Gasteiger partial charge in [-0.15, -0.1) is 0 Å². The molecule has 0 radical (unpaired) electrons. The predicted molar refractivity (Wildman–Crippen MR) is 90.7 cm³/mol. The maximum atomic E-state index is 13.0. The minimum Gasteiger partial charge on any atom is -0.388 e. The van der Waals surface area contributed by atoms with Gasteiger partial charge in [0.05, 0.1) is 17.1 Å². The number of allylic oxidation sites excluding steroid dienone is 2. The smallest absolute Gasteiger partial charge is 0.143 e. The highest BCUT2D eigenvalue weighted by Crippen LogP contribution is 2.61. The molecule has 3 heteroatoms. The molecule has 3 rings (SSSR count). The summed E-state index contributed by atoms with van der Waals surface area (Å²) in [5.41, 5.74) is -0.522.